The molecule has 2 nitrogen and oxygen atoms in total. The molecular weight excluding hydrogens is 204 g/mol. The molecule has 0 aromatic carbocycles. The van der Waals surface area contributed by atoms with Gasteiger partial charge in [0.2, 0.25) is 0 Å². The maximum Gasteiger partial charge on any atom is 0.0913 e. The van der Waals surface area contributed by atoms with Gasteiger partial charge in [0.25, 0.3) is 0 Å². The fraction of sp³-hybridized carbons (Fsp3) is 0.500. The van der Waals surface area contributed by atoms with Crippen molar-refractivity contribution in [1.82, 2.24) is 10.6 Å². The highest BCUT2D eigenvalue weighted by molar-refractivity contribution is 9.11. The van der Waals surface area contributed by atoms with E-state index in [1.165, 1.54) is 0 Å². The van der Waals surface area contributed by atoms with Crippen molar-refractivity contribution in [3.8, 4) is 0 Å². The van der Waals surface area contributed by atoms with Crippen LogP contribution in [0, 0.1) is 0 Å². The molecule has 0 aliphatic heterocycles. The molecular formula is C8H13BrN2. The van der Waals surface area contributed by atoms with E-state index < -0.39 is 0 Å². The van der Waals surface area contributed by atoms with Gasteiger partial charge in [-0.3, -0.25) is 10.6 Å². The van der Waals surface area contributed by atoms with Gasteiger partial charge in [-0.2, -0.15) is 0 Å². The zero-order valence-corrected chi connectivity index (χ0v) is 8.40. The molecule has 2 N–H and O–H groups in total. The van der Waals surface area contributed by atoms with Crippen LogP contribution in [0.25, 0.3) is 0 Å². The average molecular weight is 217 g/mol. The summed E-state index contributed by atoms with van der Waals surface area (Å²) in [5.41, 5.74) is -0.0444. The molecule has 0 aromatic rings. The first-order valence-corrected chi connectivity index (χ1v) is 4.44. The minimum absolute atomic E-state index is 0.0444. The van der Waals surface area contributed by atoms with Crippen molar-refractivity contribution in [1.29, 1.82) is 0 Å². The zero-order valence-electron chi connectivity index (χ0n) is 6.82. The largest absolute Gasteiger partial charge is 0.299 e. The Balaban J connectivity index is 2.71. The van der Waals surface area contributed by atoms with Crippen LogP contribution in [0.2, 0.25) is 0 Å². The number of halogens is 1. The highest BCUT2D eigenvalue weighted by Crippen LogP contribution is 2.20. The molecule has 1 rings (SSSR count). The number of likely N-dealkylation sites (N-methyl/N-ethyl adjacent to an activating group) is 2. The highest BCUT2D eigenvalue weighted by Gasteiger charge is 2.22. The third-order valence-electron chi connectivity index (χ3n) is 2.04. The Morgan fingerprint density at radius 3 is 2.45 bits per heavy atom. The molecule has 0 amide bonds. The van der Waals surface area contributed by atoms with Gasteiger partial charge >= 0.3 is 0 Å². The summed E-state index contributed by atoms with van der Waals surface area (Å²) in [6, 6.07) is 0. The predicted octanol–water partition coefficient (Wildman–Crippen LogP) is 1.36. The monoisotopic (exact) mass is 216 g/mol. The lowest BCUT2D eigenvalue weighted by atomic mass is 10.0. The highest BCUT2D eigenvalue weighted by atomic mass is 79.9. The van der Waals surface area contributed by atoms with Gasteiger partial charge in [0.1, 0.15) is 0 Å². The molecule has 0 aromatic heterocycles. The lowest BCUT2D eigenvalue weighted by Crippen LogP contribution is -2.52. The molecule has 3 heteroatoms. The molecule has 0 saturated heterocycles. The molecule has 0 saturated carbocycles. The fourth-order valence-corrected chi connectivity index (χ4v) is 1.41. The van der Waals surface area contributed by atoms with E-state index in [0.717, 1.165) is 10.9 Å². The summed E-state index contributed by atoms with van der Waals surface area (Å²) in [6.07, 6.45) is 7.29. The first kappa shape index (κ1) is 8.97. The quantitative estimate of drug-likeness (QED) is 0.682. The van der Waals surface area contributed by atoms with E-state index >= 15 is 0 Å². The van der Waals surface area contributed by atoms with Crippen LogP contribution in [-0.4, -0.2) is 19.8 Å². The first-order valence-electron chi connectivity index (χ1n) is 3.65. The fourth-order valence-electron chi connectivity index (χ4n) is 1.11. The maximum absolute atomic E-state index is 3.42. The van der Waals surface area contributed by atoms with Gasteiger partial charge in [-0.15, -0.1) is 0 Å². The van der Waals surface area contributed by atoms with Crippen LogP contribution < -0.4 is 10.6 Å². The molecule has 0 unspecified atom stereocenters. The van der Waals surface area contributed by atoms with Gasteiger partial charge in [-0.25, -0.2) is 0 Å². The number of allylic oxidation sites excluding steroid dienone is 2. The second-order valence-corrected chi connectivity index (χ2v) is 3.51. The van der Waals surface area contributed by atoms with E-state index in [4.69, 9.17) is 0 Å². The van der Waals surface area contributed by atoms with Crippen molar-refractivity contribution in [2.24, 2.45) is 0 Å². The SMILES string of the molecule is CNC1(NC)C=CC(Br)=CC1. The summed E-state index contributed by atoms with van der Waals surface area (Å²) in [6.45, 7) is 0. The van der Waals surface area contributed by atoms with Crippen molar-refractivity contribution in [3.63, 3.8) is 0 Å². The Hall–Kier alpha value is -0.120. The maximum atomic E-state index is 3.42. The standard InChI is InChI=1S/C8H13BrN2/c1-10-8(11-2)5-3-7(9)4-6-8/h3-5,10-11H,6H2,1-2H3. The number of rotatable bonds is 2. The lowest BCUT2D eigenvalue weighted by molar-refractivity contribution is 0.376. The molecule has 62 valence electrons. The normalized spacial score (nSPS) is 21.5. The summed E-state index contributed by atoms with van der Waals surface area (Å²) < 4.78 is 1.15. The van der Waals surface area contributed by atoms with E-state index in [-0.39, 0.29) is 5.66 Å². The van der Waals surface area contributed by atoms with Gasteiger partial charge in [-0.05, 0) is 26.2 Å². The topological polar surface area (TPSA) is 24.1 Å². The van der Waals surface area contributed by atoms with Crippen LogP contribution in [0.3, 0.4) is 0 Å². The molecule has 0 radical (unpaired) electrons. The second kappa shape index (κ2) is 3.52. The van der Waals surface area contributed by atoms with Gasteiger partial charge in [0.15, 0.2) is 0 Å². The lowest BCUT2D eigenvalue weighted by Gasteiger charge is -2.30. The van der Waals surface area contributed by atoms with Crippen molar-refractivity contribution in [2.45, 2.75) is 12.1 Å². The van der Waals surface area contributed by atoms with E-state index in [1.807, 2.05) is 14.1 Å². The Kier molecular flexibility index (Phi) is 2.87. The molecule has 0 bridgehead atoms. The van der Waals surface area contributed by atoms with Crippen LogP contribution >= 0.6 is 15.9 Å². The smallest absolute Gasteiger partial charge is 0.0913 e. The first-order chi connectivity index (χ1) is 5.22. The van der Waals surface area contributed by atoms with E-state index in [1.54, 1.807) is 0 Å². The minimum atomic E-state index is -0.0444. The average Bonchev–Trinajstić information content (AvgIpc) is 2.07. The van der Waals surface area contributed by atoms with E-state index in [2.05, 4.69) is 44.8 Å². The van der Waals surface area contributed by atoms with E-state index in [0.29, 0.717) is 0 Å². The van der Waals surface area contributed by atoms with Crippen LogP contribution in [0.1, 0.15) is 6.42 Å². The zero-order chi connectivity index (χ0) is 8.32. The Morgan fingerprint density at radius 2 is 2.09 bits per heavy atom. The van der Waals surface area contributed by atoms with Crippen LogP contribution in [0.15, 0.2) is 22.7 Å². The van der Waals surface area contributed by atoms with Crippen LogP contribution in [0.4, 0.5) is 0 Å². The second-order valence-electron chi connectivity index (χ2n) is 2.60. The summed E-state index contributed by atoms with van der Waals surface area (Å²) in [7, 11) is 3.90. The molecule has 0 fully saturated rings. The summed E-state index contributed by atoms with van der Waals surface area (Å²) in [5, 5.41) is 6.45. The van der Waals surface area contributed by atoms with Crippen molar-refractivity contribution < 1.29 is 0 Å². The van der Waals surface area contributed by atoms with E-state index in [9.17, 15) is 0 Å². The van der Waals surface area contributed by atoms with Crippen LogP contribution in [-0.2, 0) is 0 Å². The molecule has 0 heterocycles. The van der Waals surface area contributed by atoms with Gasteiger partial charge in [0, 0.05) is 10.9 Å². The molecule has 0 atom stereocenters. The molecule has 1 aliphatic carbocycles. The van der Waals surface area contributed by atoms with Gasteiger partial charge in [-0.1, -0.05) is 22.0 Å². The van der Waals surface area contributed by atoms with Crippen molar-refractivity contribution in [2.75, 3.05) is 14.1 Å². The molecule has 11 heavy (non-hydrogen) atoms. The molecule has 1 aliphatic rings. The van der Waals surface area contributed by atoms with Crippen molar-refractivity contribution >= 4 is 15.9 Å². The Bertz CT molecular complexity index is 192. The summed E-state index contributed by atoms with van der Waals surface area (Å²) in [4.78, 5) is 0. The van der Waals surface area contributed by atoms with Gasteiger partial charge in [0.05, 0.1) is 5.66 Å². The number of hydrogen-bond acceptors (Lipinski definition) is 2. The Morgan fingerprint density at radius 1 is 1.45 bits per heavy atom. The van der Waals surface area contributed by atoms with Crippen molar-refractivity contribution in [3.05, 3.63) is 22.7 Å². The number of nitrogens with one attached hydrogen (secondary N) is 2. The summed E-state index contributed by atoms with van der Waals surface area (Å²) >= 11 is 3.42. The Labute approximate surface area is 75.9 Å². The number of hydrogen-bond donors (Lipinski definition) is 2. The minimum Gasteiger partial charge on any atom is -0.299 e. The molecule has 0 spiro atoms. The summed E-state index contributed by atoms with van der Waals surface area (Å²) in [5.74, 6) is 0. The van der Waals surface area contributed by atoms with Gasteiger partial charge < -0.3 is 0 Å². The third kappa shape index (κ3) is 1.92. The van der Waals surface area contributed by atoms with Crippen LogP contribution in [0.5, 0.6) is 0 Å². The predicted molar refractivity (Wildman–Crippen MR) is 51.6 cm³/mol. The third-order valence-corrected chi connectivity index (χ3v) is 2.63.